The van der Waals surface area contributed by atoms with Crippen molar-refractivity contribution in [1.29, 1.82) is 0 Å². The summed E-state index contributed by atoms with van der Waals surface area (Å²) >= 11 is 0. The van der Waals surface area contributed by atoms with Crippen molar-refractivity contribution in [3.63, 3.8) is 0 Å². The molecule has 1 unspecified atom stereocenters. The molecule has 2 aromatic rings. The van der Waals surface area contributed by atoms with Crippen molar-refractivity contribution in [3.05, 3.63) is 65.7 Å². The molecule has 132 valence electrons. The van der Waals surface area contributed by atoms with E-state index in [-0.39, 0.29) is 36.7 Å². The van der Waals surface area contributed by atoms with Crippen LogP contribution < -0.4 is 11.1 Å². The second-order valence-corrected chi connectivity index (χ2v) is 5.99. The summed E-state index contributed by atoms with van der Waals surface area (Å²) < 4.78 is 0. The number of rotatable bonds is 3. The molecule has 1 aliphatic heterocycles. The Hall–Kier alpha value is -2.53. The predicted octanol–water partition coefficient (Wildman–Crippen LogP) is 2.32. The van der Waals surface area contributed by atoms with Gasteiger partial charge in [-0.25, -0.2) is 0 Å². The fourth-order valence-electron chi connectivity index (χ4n) is 3.01. The second-order valence-electron chi connectivity index (χ2n) is 5.99. The molecule has 0 bridgehead atoms. The van der Waals surface area contributed by atoms with Crippen LogP contribution in [0, 0.1) is 0 Å². The zero-order chi connectivity index (χ0) is 16.9. The van der Waals surface area contributed by atoms with Crippen LogP contribution in [-0.2, 0) is 16.0 Å². The lowest BCUT2D eigenvalue weighted by atomic mass is 10.0. The van der Waals surface area contributed by atoms with Gasteiger partial charge >= 0.3 is 0 Å². The molecule has 0 aromatic heterocycles. The zero-order valence-electron chi connectivity index (χ0n) is 13.9. The topological polar surface area (TPSA) is 75.4 Å². The van der Waals surface area contributed by atoms with Crippen molar-refractivity contribution in [2.45, 2.75) is 18.9 Å². The van der Waals surface area contributed by atoms with E-state index in [1.807, 2.05) is 47.4 Å². The minimum absolute atomic E-state index is 0. The number of nitrogens with zero attached hydrogens (tertiary/aromatic N) is 1. The number of carbonyl (C=O) groups excluding carboxylic acids is 2. The fraction of sp³-hybridized carbons (Fsp3) is 0.263. The Morgan fingerprint density at radius 3 is 2.48 bits per heavy atom. The average Bonchev–Trinajstić information content (AvgIpc) is 2.79. The Morgan fingerprint density at radius 2 is 1.80 bits per heavy atom. The SMILES string of the molecule is Cl.Nc1ccc(CC(=O)N2CCNC(=O)CC2c2ccccc2)cc1. The molecule has 3 rings (SSSR count). The largest absolute Gasteiger partial charge is 0.399 e. The first-order valence-corrected chi connectivity index (χ1v) is 8.09. The lowest BCUT2D eigenvalue weighted by Crippen LogP contribution is -2.37. The highest BCUT2D eigenvalue weighted by atomic mass is 35.5. The summed E-state index contributed by atoms with van der Waals surface area (Å²) in [5.41, 5.74) is 8.28. The number of carbonyl (C=O) groups is 2. The second kappa shape index (κ2) is 8.53. The molecule has 2 amide bonds. The first-order valence-electron chi connectivity index (χ1n) is 8.09. The van der Waals surface area contributed by atoms with Crippen molar-refractivity contribution in [2.24, 2.45) is 0 Å². The molecule has 2 aromatic carbocycles. The molecule has 1 atom stereocenters. The minimum atomic E-state index is -0.227. The van der Waals surface area contributed by atoms with E-state index in [9.17, 15) is 9.59 Å². The summed E-state index contributed by atoms with van der Waals surface area (Å²) in [5.74, 6) is -0.00300. The van der Waals surface area contributed by atoms with Crippen molar-refractivity contribution < 1.29 is 9.59 Å². The Morgan fingerprint density at radius 1 is 1.12 bits per heavy atom. The number of nitrogens with two attached hydrogens (primary N) is 1. The molecular formula is C19H22ClN3O2. The molecule has 5 nitrogen and oxygen atoms in total. The van der Waals surface area contributed by atoms with Gasteiger partial charge in [0.15, 0.2) is 0 Å². The van der Waals surface area contributed by atoms with Crippen molar-refractivity contribution in [2.75, 3.05) is 18.8 Å². The van der Waals surface area contributed by atoms with Gasteiger partial charge in [-0.1, -0.05) is 42.5 Å². The summed E-state index contributed by atoms with van der Waals surface area (Å²) in [6.45, 7) is 0.995. The first-order chi connectivity index (χ1) is 11.6. The fourth-order valence-corrected chi connectivity index (χ4v) is 3.01. The molecule has 1 heterocycles. The maximum Gasteiger partial charge on any atom is 0.227 e. The van der Waals surface area contributed by atoms with Crippen LogP contribution in [0.15, 0.2) is 54.6 Å². The van der Waals surface area contributed by atoms with E-state index in [0.717, 1.165) is 11.1 Å². The first kappa shape index (κ1) is 18.8. The predicted molar refractivity (Wildman–Crippen MR) is 100 cm³/mol. The van der Waals surface area contributed by atoms with Gasteiger partial charge in [0, 0.05) is 18.8 Å². The summed E-state index contributed by atoms with van der Waals surface area (Å²) in [5, 5.41) is 2.85. The van der Waals surface area contributed by atoms with Crippen molar-refractivity contribution in [1.82, 2.24) is 10.2 Å². The Kier molecular flexibility index (Phi) is 6.42. The molecule has 0 radical (unpaired) electrons. The van der Waals surface area contributed by atoms with Crippen LogP contribution in [0.4, 0.5) is 5.69 Å². The number of amides is 2. The summed E-state index contributed by atoms with van der Waals surface area (Å²) in [4.78, 5) is 26.6. The van der Waals surface area contributed by atoms with Gasteiger partial charge in [0.2, 0.25) is 11.8 Å². The molecule has 1 fully saturated rings. The Bertz CT molecular complexity index is 719. The van der Waals surface area contributed by atoms with E-state index in [2.05, 4.69) is 5.32 Å². The number of halogens is 1. The van der Waals surface area contributed by atoms with Crippen LogP contribution >= 0.6 is 12.4 Å². The highest BCUT2D eigenvalue weighted by molar-refractivity contribution is 5.85. The third kappa shape index (κ3) is 4.73. The van der Waals surface area contributed by atoms with Gasteiger partial charge in [-0.2, -0.15) is 0 Å². The molecule has 1 saturated heterocycles. The van der Waals surface area contributed by atoms with Gasteiger partial charge in [-0.05, 0) is 23.3 Å². The Balaban J connectivity index is 0.00000225. The van der Waals surface area contributed by atoms with E-state index in [4.69, 9.17) is 5.73 Å². The minimum Gasteiger partial charge on any atom is -0.399 e. The van der Waals surface area contributed by atoms with E-state index < -0.39 is 0 Å². The third-order valence-corrected chi connectivity index (χ3v) is 4.27. The molecular weight excluding hydrogens is 338 g/mol. The Labute approximate surface area is 153 Å². The summed E-state index contributed by atoms with van der Waals surface area (Å²) in [6.07, 6.45) is 0.593. The lowest BCUT2D eigenvalue weighted by Gasteiger charge is -2.29. The van der Waals surface area contributed by atoms with Crippen molar-refractivity contribution >= 4 is 29.9 Å². The highest BCUT2D eigenvalue weighted by Crippen LogP contribution is 2.26. The molecule has 0 aliphatic carbocycles. The smallest absolute Gasteiger partial charge is 0.227 e. The lowest BCUT2D eigenvalue weighted by molar-refractivity contribution is -0.133. The van der Waals surface area contributed by atoms with Gasteiger partial charge < -0.3 is 16.0 Å². The van der Waals surface area contributed by atoms with Crippen LogP contribution in [0.5, 0.6) is 0 Å². The van der Waals surface area contributed by atoms with Crippen LogP contribution in [0.25, 0.3) is 0 Å². The number of hydrogen-bond acceptors (Lipinski definition) is 3. The number of nitrogen functional groups attached to an aromatic ring is 1. The molecule has 0 saturated carbocycles. The maximum absolute atomic E-state index is 12.9. The quantitative estimate of drug-likeness (QED) is 0.826. The average molecular weight is 360 g/mol. The van der Waals surface area contributed by atoms with Gasteiger partial charge in [0.05, 0.1) is 18.9 Å². The van der Waals surface area contributed by atoms with Gasteiger partial charge in [-0.3, -0.25) is 9.59 Å². The number of anilines is 1. The van der Waals surface area contributed by atoms with Crippen LogP contribution in [0.1, 0.15) is 23.6 Å². The molecule has 25 heavy (non-hydrogen) atoms. The van der Waals surface area contributed by atoms with Gasteiger partial charge in [-0.15, -0.1) is 12.4 Å². The number of nitrogens with one attached hydrogen (secondary N) is 1. The molecule has 6 heteroatoms. The van der Waals surface area contributed by atoms with E-state index >= 15 is 0 Å². The van der Waals surface area contributed by atoms with Gasteiger partial charge in [0.25, 0.3) is 0 Å². The van der Waals surface area contributed by atoms with E-state index in [1.54, 1.807) is 12.1 Å². The monoisotopic (exact) mass is 359 g/mol. The standard InChI is InChI=1S/C19H21N3O2.ClH/c20-16-8-6-14(7-9-16)12-19(24)22-11-10-21-18(23)13-17(22)15-4-2-1-3-5-15;/h1-9,17H,10-13,20H2,(H,21,23);1H. The van der Waals surface area contributed by atoms with Crippen molar-refractivity contribution in [3.8, 4) is 0 Å². The summed E-state index contributed by atoms with van der Waals surface area (Å²) in [6, 6.07) is 16.8. The number of hydrogen-bond donors (Lipinski definition) is 2. The molecule has 1 aliphatic rings. The van der Waals surface area contributed by atoms with Crippen LogP contribution in [-0.4, -0.2) is 29.8 Å². The third-order valence-electron chi connectivity index (χ3n) is 4.27. The highest BCUT2D eigenvalue weighted by Gasteiger charge is 2.29. The number of benzene rings is 2. The van der Waals surface area contributed by atoms with Crippen LogP contribution in [0.2, 0.25) is 0 Å². The zero-order valence-corrected chi connectivity index (χ0v) is 14.7. The maximum atomic E-state index is 12.9. The van der Waals surface area contributed by atoms with Crippen LogP contribution in [0.3, 0.4) is 0 Å². The molecule has 3 N–H and O–H groups in total. The summed E-state index contributed by atoms with van der Waals surface area (Å²) in [7, 11) is 0. The molecule has 0 spiro atoms. The van der Waals surface area contributed by atoms with E-state index in [0.29, 0.717) is 25.2 Å². The van der Waals surface area contributed by atoms with Gasteiger partial charge in [0.1, 0.15) is 0 Å². The normalized spacial score (nSPS) is 17.2. The van der Waals surface area contributed by atoms with E-state index in [1.165, 1.54) is 0 Å².